The van der Waals surface area contributed by atoms with Gasteiger partial charge in [-0.2, -0.15) is 17.6 Å². The van der Waals surface area contributed by atoms with Crippen LogP contribution in [0.1, 0.15) is 25.5 Å². The fourth-order valence-electron chi connectivity index (χ4n) is 3.04. The Labute approximate surface area is 152 Å². The average molecular weight is 383 g/mol. The lowest BCUT2D eigenvalue weighted by Gasteiger charge is -2.22. The van der Waals surface area contributed by atoms with Gasteiger partial charge in [0.05, 0.1) is 12.2 Å². The first-order valence-corrected chi connectivity index (χ1v) is 8.18. The lowest BCUT2D eigenvalue weighted by molar-refractivity contribution is -0.0690. The summed E-state index contributed by atoms with van der Waals surface area (Å²) < 4.78 is 60.8. The number of aromatic nitrogens is 3. The van der Waals surface area contributed by atoms with Crippen LogP contribution in [0.5, 0.6) is 11.5 Å². The van der Waals surface area contributed by atoms with E-state index in [1.165, 1.54) is 12.1 Å². The molecule has 0 aliphatic carbocycles. The topological polar surface area (TPSA) is 49.2 Å². The van der Waals surface area contributed by atoms with Crippen molar-refractivity contribution >= 4 is 10.8 Å². The van der Waals surface area contributed by atoms with Gasteiger partial charge in [-0.3, -0.25) is 0 Å². The predicted molar refractivity (Wildman–Crippen MR) is 90.2 cm³/mol. The van der Waals surface area contributed by atoms with Crippen molar-refractivity contribution in [1.29, 1.82) is 0 Å². The van der Waals surface area contributed by atoms with Gasteiger partial charge in [0.15, 0.2) is 11.5 Å². The molecular weight excluding hydrogens is 366 g/mol. The zero-order chi connectivity index (χ0) is 19.6. The molecule has 3 aromatic rings. The number of fused-ring (bicyclic) bond motifs is 1. The predicted octanol–water partition coefficient (Wildman–Crippen LogP) is 4.88. The van der Waals surface area contributed by atoms with Gasteiger partial charge in [-0.15, -0.1) is 5.10 Å². The standard InChI is InChI=1S/C18H17F4N3O2/c1-10(2)16(25-6-5-23-24-25)12-4-3-11-8-14(26-17(19)20)15(27-18(21)22)9-13(11)7-12/h3-10,16-18H,1-2H3. The maximum absolute atomic E-state index is 12.7. The highest BCUT2D eigenvalue weighted by atomic mass is 19.3. The molecule has 144 valence electrons. The van der Waals surface area contributed by atoms with Crippen LogP contribution in [0.4, 0.5) is 17.6 Å². The number of benzene rings is 2. The highest BCUT2D eigenvalue weighted by molar-refractivity contribution is 5.86. The highest BCUT2D eigenvalue weighted by Crippen LogP contribution is 2.36. The molecule has 1 atom stereocenters. The van der Waals surface area contributed by atoms with Crippen LogP contribution >= 0.6 is 0 Å². The van der Waals surface area contributed by atoms with Crippen molar-refractivity contribution in [2.24, 2.45) is 5.92 Å². The van der Waals surface area contributed by atoms with E-state index >= 15 is 0 Å². The second kappa shape index (κ2) is 7.81. The molecule has 1 heterocycles. The molecule has 9 heteroatoms. The van der Waals surface area contributed by atoms with Crippen LogP contribution in [0.25, 0.3) is 10.8 Å². The molecule has 0 spiro atoms. The fraction of sp³-hybridized carbons (Fsp3) is 0.333. The van der Waals surface area contributed by atoms with E-state index in [0.717, 1.165) is 5.56 Å². The zero-order valence-corrected chi connectivity index (χ0v) is 14.5. The second-order valence-corrected chi connectivity index (χ2v) is 6.23. The third-order valence-electron chi connectivity index (χ3n) is 4.06. The van der Waals surface area contributed by atoms with E-state index in [4.69, 9.17) is 0 Å². The van der Waals surface area contributed by atoms with Crippen LogP contribution in [0.2, 0.25) is 0 Å². The van der Waals surface area contributed by atoms with E-state index in [-0.39, 0.29) is 12.0 Å². The van der Waals surface area contributed by atoms with Crippen LogP contribution in [0, 0.1) is 5.92 Å². The maximum Gasteiger partial charge on any atom is 0.387 e. The van der Waals surface area contributed by atoms with Gasteiger partial charge in [0, 0.05) is 6.20 Å². The summed E-state index contributed by atoms with van der Waals surface area (Å²) in [5.41, 5.74) is 0.869. The smallest absolute Gasteiger partial charge is 0.387 e. The Kier molecular flexibility index (Phi) is 5.48. The molecule has 0 saturated heterocycles. The Morgan fingerprint density at radius 3 is 2.04 bits per heavy atom. The first-order valence-electron chi connectivity index (χ1n) is 8.18. The molecule has 2 aromatic carbocycles. The summed E-state index contributed by atoms with van der Waals surface area (Å²) in [5, 5.41) is 8.96. The van der Waals surface area contributed by atoms with Gasteiger partial charge in [0.2, 0.25) is 0 Å². The Hall–Kier alpha value is -2.84. The lowest BCUT2D eigenvalue weighted by Crippen LogP contribution is -2.17. The molecule has 1 aromatic heterocycles. The van der Waals surface area contributed by atoms with Gasteiger partial charge in [-0.05, 0) is 40.5 Å². The first kappa shape index (κ1) is 18.9. The minimum Gasteiger partial charge on any atom is -0.431 e. The second-order valence-electron chi connectivity index (χ2n) is 6.23. The summed E-state index contributed by atoms with van der Waals surface area (Å²) in [4.78, 5) is 0. The van der Waals surface area contributed by atoms with Gasteiger partial charge in [0.25, 0.3) is 0 Å². The molecule has 0 N–H and O–H groups in total. The van der Waals surface area contributed by atoms with Crippen molar-refractivity contribution in [1.82, 2.24) is 15.0 Å². The number of hydrogen-bond donors (Lipinski definition) is 0. The normalized spacial score (nSPS) is 12.9. The summed E-state index contributed by atoms with van der Waals surface area (Å²) in [6.45, 7) is -2.29. The number of ether oxygens (including phenoxy) is 2. The molecule has 5 nitrogen and oxygen atoms in total. The van der Waals surface area contributed by atoms with Crippen LogP contribution in [0.3, 0.4) is 0 Å². The summed E-state index contributed by atoms with van der Waals surface area (Å²) in [5.74, 6) is -0.721. The van der Waals surface area contributed by atoms with E-state index in [1.807, 2.05) is 19.9 Å². The van der Waals surface area contributed by atoms with Crippen molar-refractivity contribution in [3.63, 3.8) is 0 Å². The van der Waals surface area contributed by atoms with E-state index < -0.39 is 24.7 Å². The van der Waals surface area contributed by atoms with Crippen LogP contribution < -0.4 is 9.47 Å². The number of rotatable bonds is 7. The Morgan fingerprint density at radius 2 is 1.52 bits per heavy atom. The molecule has 0 fully saturated rings. The van der Waals surface area contributed by atoms with E-state index in [0.29, 0.717) is 10.8 Å². The molecule has 0 bridgehead atoms. The zero-order valence-electron chi connectivity index (χ0n) is 14.5. The van der Waals surface area contributed by atoms with Crippen molar-refractivity contribution in [3.8, 4) is 11.5 Å². The van der Waals surface area contributed by atoms with Crippen molar-refractivity contribution in [2.45, 2.75) is 33.1 Å². The van der Waals surface area contributed by atoms with Gasteiger partial charge in [-0.25, -0.2) is 4.68 Å². The maximum atomic E-state index is 12.7. The average Bonchev–Trinajstić information content (AvgIpc) is 3.08. The van der Waals surface area contributed by atoms with E-state index in [1.54, 1.807) is 29.2 Å². The minimum absolute atomic E-state index is 0.131. The summed E-state index contributed by atoms with van der Waals surface area (Å²) in [6, 6.07) is 7.71. The van der Waals surface area contributed by atoms with Crippen molar-refractivity contribution in [3.05, 3.63) is 48.3 Å². The molecule has 27 heavy (non-hydrogen) atoms. The van der Waals surface area contributed by atoms with Crippen LogP contribution in [0.15, 0.2) is 42.7 Å². The van der Waals surface area contributed by atoms with Gasteiger partial charge < -0.3 is 9.47 Å². The highest BCUT2D eigenvalue weighted by Gasteiger charge is 2.20. The number of hydrogen-bond acceptors (Lipinski definition) is 4. The number of halogens is 4. The molecule has 1 unspecified atom stereocenters. The number of alkyl halides is 4. The van der Waals surface area contributed by atoms with Gasteiger partial charge in [0.1, 0.15) is 0 Å². The lowest BCUT2D eigenvalue weighted by atomic mass is 9.94. The molecule has 0 aliphatic heterocycles. The summed E-state index contributed by atoms with van der Waals surface area (Å²) in [7, 11) is 0. The van der Waals surface area contributed by atoms with Crippen LogP contribution in [-0.4, -0.2) is 28.2 Å². The third-order valence-corrected chi connectivity index (χ3v) is 4.06. The monoisotopic (exact) mass is 383 g/mol. The van der Waals surface area contributed by atoms with Crippen molar-refractivity contribution in [2.75, 3.05) is 0 Å². The third kappa shape index (κ3) is 4.29. The molecule has 0 radical (unpaired) electrons. The molecule has 3 rings (SSSR count). The summed E-state index contributed by atoms with van der Waals surface area (Å²) >= 11 is 0. The number of nitrogens with zero attached hydrogens (tertiary/aromatic N) is 3. The SMILES string of the molecule is CC(C)C(c1ccc2cc(OC(F)F)c(OC(F)F)cc2c1)n1ccnn1. The molecule has 0 saturated carbocycles. The Balaban J connectivity index is 2.08. The van der Waals surface area contributed by atoms with Gasteiger partial charge in [-0.1, -0.05) is 31.2 Å². The van der Waals surface area contributed by atoms with E-state index in [9.17, 15) is 17.6 Å². The molecule has 0 amide bonds. The Morgan fingerprint density at radius 1 is 0.889 bits per heavy atom. The minimum atomic E-state index is -3.16. The van der Waals surface area contributed by atoms with Crippen molar-refractivity contribution < 1.29 is 27.0 Å². The fourth-order valence-corrected chi connectivity index (χ4v) is 3.04. The summed E-state index contributed by atoms with van der Waals surface area (Å²) in [6.07, 6.45) is 3.30. The quantitative estimate of drug-likeness (QED) is 0.546. The molecular formula is C18H17F4N3O2. The first-order chi connectivity index (χ1) is 12.8. The molecule has 0 aliphatic rings. The Bertz CT molecular complexity index is 901. The largest absolute Gasteiger partial charge is 0.431 e. The van der Waals surface area contributed by atoms with Gasteiger partial charge >= 0.3 is 13.2 Å². The van der Waals surface area contributed by atoms with E-state index in [2.05, 4.69) is 19.8 Å². The van der Waals surface area contributed by atoms with Crippen LogP contribution in [-0.2, 0) is 0 Å².